The second-order valence-corrected chi connectivity index (χ2v) is 11.6. The fourth-order valence-electron chi connectivity index (χ4n) is 2.96. The molecule has 2 aromatic heterocycles. The van der Waals surface area contributed by atoms with E-state index < -0.39 is 54.0 Å². The summed E-state index contributed by atoms with van der Waals surface area (Å²) in [5, 5.41) is 10.6. The number of phosphoric acid groups is 3. The Kier molecular flexibility index (Phi) is 7.17. The molecule has 7 atom stereocenters. The number of rotatable bonds is 9. The molecule has 3 heterocycles. The van der Waals surface area contributed by atoms with Crippen LogP contribution in [0.1, 0.15) is 13.2 Å². The molecule has 1 aliphatic heterocycles. The fraction of sp³-hybridized carbons (Fsp3) is 0.583. The Morgan fingerprint density at radius 2 is 1.91 bits per heavy atom. The molecule has 18 nitrogen and oxygen atoms in total. The minimum atomic E-state index is -5.89. The molecule has 3 unspecified atom stereocenters. The summed E-state index contributed by atoms with van der Waals surface area (Å²) in [5.74, 6) is 0.0784. The number of phosphoric ester groups is 2. The van der Waals surface area contributed by atoms with Crippen LogP contribution in [-0.2, 0) is 36.1 Å². The van der Waals surface area contributed by atoms with Crippen molar-refractivity contribution in [3.05, 3.63) is 12.7 Å². The van der Waals surface area contributed by atoms with Crippen LogP contribution in [-0.4, -0.2) is 61.0 Å². The standard InChI is InChI=1S/C12H21N6O12P3/c1-12(14)8(19)6(3-27-32(22,23)30-33(24,25)29-31(20,21)26-2)28-11(12)18-5-17-7-9(13)15-4-16-10(7)18/h4-6,8,11,19H,3,14H2,1-2H3,(H,20,21)(H,22,23)(H,24,25)(H2,13,15,16)/p-2/t6-,8-,11-,12-/m1/s1. The summed E-state index contributed by atoms with van der Waals surface area (Å²) < 4.78 is 57.2. The maximum atomic E-state index is 12.0. The summed E-state index contributed by atoms with van der Waals surface area (Å²) in [5.41, 5.74) is 10.9. The van der Waals surface area contributed by atoms with Crippen LogP contribution in [0.2, 0.25) is 0 Å². The summed E-state index contributed by atoms with van der Waals surface area (Å²) >= 11 is 0. The molecular weight excluding hydrogens is 513 g/mol. The lowest BCUT2D eigenvalue weighted by Crippen LogP contribution is -2.52. The Bertz CT molecular complexity index is 1170. The van der Waals surface area contributed by atoms with E-state index >= 15 is 0 Å². The molecule has 0 amide bonds. The molecule has 0 aromatic carbocycles. The highest BCUT2D eigenvalue weighted by Gasteiger charge is 2.52. The predicted octanol–water partition coefficient (Wildman–Crippen LogP) is -1.88. The monoisotopic (exact) mass is 532 g/mol. The number of aliphatic hydroxyl groups excluding tert-OH is 1. The van der Waals surface area contributed by atoms with Gasteiger partial charge in [-0.1, -0.05) is 0 Å². The van der Waals surface area contributed by atoms with Gasteiger partial charge < -0.3 is 40.5 Å². The Balaban J connectivity index is 1.73. The summed E-state index contributed by atoms with van der Waals surface area (Å²) in [6.45, 7) is 0.505. The maximum absolute atomic E-state index is 12.0. The van der Waals surface area contributed by atoms with Gasteiger partial charge in [0.15, 0.2) is 17.7 Å². The SMILES string of the molecule is COP(=O)([O-])OP(=O)([O-])OP(=O)(O)OC[C@H]1O[C@@H](n2cnc3c(N)ncnc32)[C@](C)(N)[C@@H]1O. The topological polar surface area (TPSA) is 280 Å². The van der Waals surface area contributed by atoms with Gasteiger partial charge in [0.05, 0.1) is 18.5 Å². The van der Waals surface area contributed by atoms with Gasteiger partial charge in [0.2, 0.25) is 0 Å². The third-order valence-electron chi connectivity index (χ3n) is 4.49. The summed E-state index contributed by atoms with van der Waals surface area (Å²) in [6, 6.07) is 0. The highest BCUT2D eigenvalue weighted by molar-refractivity contribution is 7.65. The largest absolute Gasteiger partial charge is 0.756 e. The molecule has 0 saturated carbocycles. The summed E-state index contributed by atoms with van der Waals surface area (Å²) in [7, 11) is -16.1. The van der Waals surface area contributed by atoms with Gasteiger partial charge in [-0.2, -0.15) is 0 Å². The normalized spacial score (nSPS) is 31.2. The highest BCUT2D eigenvalue weighted by Crippen LogP contribution is 2.64. The van der Waals surface area contributed by atoms with Crippen LogP contribution in [0.15, 0.2) is 12.7 Å². The summed E-state index contributed by atoms with van der Waals surface area (Å²) in [4.78, 5) is 44.1. The van der Waals surface area contributed by atoms with E-state index in [1.807, 2.05) is 0 Å². The molecule has 1 aliphatic rings. The van der Waals surface area contributed by atoms with Crippen LogP contribution in [0.4, 0.5) is 5.82 Å². The van der Waals surface area contributed by atoms with Crippen molar-refractivity contribution in [2.75, 3.05) is 19.5 Å². The lowest BCUT2D eigenvalue weighted by molar-refractivity contribution is -0.238. The molecule has 0 spiro atoms. The molecule has 6 N–H and O–H groups in total. The zero-order valence-electron chi connectivity index (χ0n) is 16.9. The third kappa shape index (κ3) is 5.66. The van der Waals surface area contributed by atoms with E-state index in [0.29, 0.717) is 7.11 Å². The van der Waals surface area contributed by atoms with Crippen molar-refractivity contribution < 1.29 is 55.9 Å². The number of aromatic nitrogens is 4. The van der Waals surface area contributed by atoms with Crippen LogP contribution in [0.25, 0.3) is 11.2 Å². The van der Waals surface area contributed by atoms with Crippen LogP contribution in [0.3, 0.4) is 0 Å². The van der Waals surface area contributed by atoms with E-state index in [2.05, 4.69) is 32.6 Å². The number of fused-ring (bicyclic) bond motifs is 1. The van der Waals surface area contributed by atoms with Gasteiger partial charge in [0.25, 0.3) is 15.6 Å². The van der Waals surface area contributed by atoms with Crippen LogP contribution in [0.5, 0.6) is 0 Å². The second kappa shape index (κ2) is 9.02. The fourth-order valence-corrected chi connectivity index (χ4v) is 6.13. The van der Waals surface area contributed by atoms with Crippen LogP contribution >= 0.6 is 23.5 Å². The minimum Gasteiger partial charge on any atom is -0.756 e. The van der Waals surface area contributed by atoms with Crippen LogP contribution < -0.4 is 21.3 Å². The number of ether oxygens (including phenoxy) is 1. The number of nitrogens with zero attached hydrogens (tertiary/aromatic N) is 4. The maximum Gasteiger partial charge on any atom is 0.478 e. The number of aliphatic hydroxyl groups is 1. The van der Waals surface area contributed by atoms with Crippen LogP contribution in [0, 0.1) is 0 Å². The predicted molar refractivity (Wildman–Crippen MR) is 102 cm³/mol. The van der Waals surface area contributed by atoms with Gasteiger partial charge in [-0.15, -0.1) is 0 Å². The number of nitrogen functional groups attached to an aromatic ring is 1. The van der Waals surface area contributed by atoms with Crippen molar-refractivity contribution in [1.29, 1.82) is 0 Å². The van der Waals surface area contributed by atoms with E-state index in [4.69, 9.17) is 16.2 Å². The molecule has 1 fully saturated rings. The molecule has 1 saturated heterocycles. The first kappa shape index (κ1) is 26.2. The number of hydrogen-bond acceptors (Lipinski definition) is 16. The zero-order chi connectivity index (χ0) is 24.8. The average Bonchev–Trinajstić information content (AvgIpc) is 3.19. The summed E-state index contributed by atoms with van der Waals surface area (Å²) in [6.07, 6.45) is -1.56. The molecule has 2 aromatic rings. The molecule has 0 radical (unpaired) electrons. The van der Waals surface area contributed by atoms with Gasteiger partial charge >= 0.3 is 7.82 Å². The average molecular weight is 532 g/mol. The van der Waals surface area contributed by atoms with Crippen molar-refractivity contribution in [2.45, 2.75) is 30.9 Å². The molecule has 0 aliphatic carbocycles. The molecule has 3 rings (SSSR count). The van der Waals surface area contributed by atoms with Crippen molar-refractivity contribution in [3.63, 3.8) is 0 Å². The van der Waals surface area contributed by atoms with E-state index in [1.54, 1.807) is 0 Å². The van der Waals surface area contributed by atoms with E-state index in [-0.39, 0.29) is 17.0 Å². The molecular formula is C12H19N6O12P3-2. The zero-order valence-corrected chi connectivity index (χ0v) is 19.5. The minimum absolute atomic E-state index is 0.0784. The Hall–Kier alpha value is -1.36. The van der Waals surface area contributed by atoms with Gasteiger partial charge in [-0.3, -0.25) is 18.2 Å². The lowest BCUT2D eigenvalue weighted by atomic mass is 9.93. The molecule has 0 bridgehead atoms. The lowest BCUT2D eigenvalue weighted by Gasteiger charge is -2.30. The Morgan fingerprint density at radius 3 is 2.55 bits per heavy atom. The van der Waals surface area contributed by atoms with Gasteiger partial charge in [-0.05, 0) is 6.92 Å². The Labute approximate surface area is 185 Å². The van der Waals surface area contributed by atoms with Crippen molar-refractivity contribution in [2.24, 2.45) is 5.73 Å². The van der Waals surface area contributed by atoms with Gasteiger partial charge in [0.1, 0.15) is 24.1 Å². The number of anilines is 1. The first-order valence-corrected chi connectivity index (χ1v) is 13.1. The van der Waals surface area contributed by atoms with Gasteiger partial charge in [0, 0.05) is 7.11 Å². The van der Waals surface area contributed by atoms with E-state index in [0.717, 1.165) is 0 Å². The first-order chi connectivity index (χ1) is 15.1. The third-order valence-corrected chi connectivity index (χ3v) is 8.64. The highest BCUT2D eigenvalue weighted by atomic mass is 31.3. The Morgan fingerprint density at radius 1 is 1.24 bits per heavy atom. The second-order valence-electron chi connectivity index (χ2n) is 6.93. The number of imidazole rings is 1. The molecule has 186 valence electrons. The molecule has 33 heavy (non-hydrogen) atoms. The first-order valence-electron chi connectivity index (χ1n) is 8.72. The van der Waals surface area contributed by atoms with Gasteiger partial charge in [-0.25, -0.2) is 28.1 Å². The number of hydrogen-bond donors (Lipinski definition) is 4. The van der Waals surface area contributed by atoms with Crippen molar-refractivity contribution in [1.82, 2.24) is 19.5 Å². The van der Waals surface area contributed by atoms with Crippen molar-refractivity contribution >= 4 is 40.4 Å². The molecule has 21 heteroatoms. The number of nitrogens with two attached hydrogens (primary N) is 2. The van der Waals surface area contributed by atoms with E-state index in [9.17, 15) is 33.5 Å². The smallest absolute Gasteiger partial charge is 0.478 e. The quantitative estimate of drug-likeness (QED) is 0.257. The van der Waals surface area contributed by atoms with Crippen molar-refractivity contribution in [3.8, 4) is 0 Å². The van der Waals surface area contributed by atoms with E-state index in [1.165, 1.54) is 24.1 Å².